The lowest BCUT2D eigenvalue weighted by molar-refractivity contribution is -0.117. The third kappa shape index (κ3) is 4.61. The number of amides is 1. The van der Waals surface area contributed by atoms with Crippen LogP contribution in [0.25, 0.3) is 0 Å². The number of anilines is 2. The van der Waals surface area contributed by atoms with Gasteiger partial charge in [0.2, 0.25) is 0 Å². The highest BCUT2D eigenvalue weighted by atomic mass is 16.1. The fourth-order valence-corrected chi connectivity index (χ4v) is 1.98. The molecule has 0 heterocycles. The van der Waals surface area contributed by atoms with Gasteiger partial charge in [-0.3, -0.25) is 4.79 Å². The Morgan fingerprint density at radius 2 is 1.83 bits per heavy atom. The quantitative estimate of drug-likeness (QED) is 0.450. The third-order valence-corrected chi connectivity index (χ3v) is 3.31. The molecule has 2 aromatic carbocycles. The van der Waals surface area contributed by atoms with Gasteiger partial charge in [0.1, 0.15) is 11.6 Å². The zero-order valence-electron chi connectivity index (χ0n) is 12.8. The van der Waals surface area contributed by atoms with Gasteiger partial charge in [0.15, 0.2) is 0 Å². The minimum atomic E-state index is -0.424. The lowest BCUT2D eigenvalue weighted by Crippen LogP contribution is -2.28. The van der Waals surface area contributed by atoms with E-state index in [0.29, 0.717) is 5.69 Å². The van der Waals surface area contributed by atoms with E-state index in [1.165, 1.54) is 6.20 Å². The third-order valence-electron chi connectivity index (χ3n) is 3.31. The number of nitrogens with one attached hydrogen (secondary N) is 2. The number of carbonyl (C=O) groups is 1. The molecule has 0 saturated carbocycles. The summed E-state index contributed by atoms with van der Waals surface area (Å²) in [6.45, 7) is 1.87. The van der Waals surface area contributed by atoms with Gasteiger partial charge in [-0.05, 0) is 36.8 Å². The van der Waals surface area contributed by atoms with Crippen molar-refractivity contribution in [2.24, 2.45) is 0 Å². The number of hydrogen-bond acceptors (Lipinski definition) is 4. The van der Waals surface area contributed by atoms with E-state index in [2.05, 4.69) is 10.6 Å². The Morgan fingerprint density at radius 3 is 2.43 bits per heavy atom. The van der Waals surface area contributed by atoms with Crippen LogP contribution in [-0.4, -0.2) is 5.91 Å². The molecule has 0 aromatic heterocycles. The first kappa shape index (κ1) is 16.1. The molecule has 2 aromatic rings. The Kier molecular flexibility index (Phi) is 5.37. The Bertz CT molecular complexity index is 730. The van der Waals surface area contributed by atoms with E-state index in [0.717, 1.165) is 11.3 Å². The molecule has 0 bridgehead atoms. The largest absolute Gasteiger partial charge is 0.399 e. The molecule has 23 heavy (non-hydrogen) atoms. The number of nitrogen functional groups attached to an aromatic ring is 1. The molecule has 1 amide bonds. The maximum absolute atomic E-state index is 12.2. The van der Waals surface area contributed by atoms with Gasteiger partial charge in [0.25, 0.3) is 5.91 Å². The van der Waals surface area contributed by atoms with E-state index in [1.807, 2.05) is 43.3 Å². The fraction of sp³-hybridized carbons (Fsp3) is 0.111. The zero-order chi connectivity index (χ0) is 16.7. The number of benzene rings is 2. The van der Waals surface area contributed by atoms with Gasteiger partial charge in [0, 0.05) is 17.6 Å². The van der Waals surface area contributed by atoms with Crippen LogP contribution in [0.15, 0.2) is 66.4 Å². The Hall–Kier alpha value is -3.26. The number of hydrogen-bond donors (Lipinski definition) is 3. The van der Waals surface area contributed by atoms with Crippen LogP contribution in [0.2, 0.25) is 0 Å². The van der Waals surface area contributed by atoms with Crippen LogP contribution in [-0.2, 0) is 4.79 Å². The zero-order valence-corrected chi connectivity index (χ0v) is 12.8. The van der Waals surface area contributed by atoms with Crippen LogP contribution in [0.4, 0.5) is 11.4 Å². The lowest BCUT2D eigenvalue weighted by atomic mass is 10.1. The van der Waals surface area contributed by atoms with Crippen molar-refractivity contribution in [3.05, 3.63) is 71.9 Å². The summed E-state index contributed by atoms with van der Waals surface area (Å²) < 4.78 is 0. The molecule has 0 aliphatic rings. The molecule has 4 N–H and O–H groups in total. The number of nitriles is 1. The summed E-state index contributed by atoms with van der Waals surface area (Å²) in [5.74, 6) is -0.424. The second kappa shape index (κ2) is 7.66. The average Bonchev–Trinajstić information content (AvgIpc) is 2.58. The number of nitrogens with two attached hydrogens (primary N) is 1. The molecule has 0 saturated heterocycles. The normalized spacial score (nSPS) is 12.1. The smallest absolute Gasteiger partial charge is 0.263 e. The van der Waals surface area contributed by atoms with Crippen LogP contribution >= 0.6 is 0 Å². The minimum Gasteiger partial charge on any atom is -0.399 e. The summed E-state index contributed by atoms with van der Waals surface area (Å²) in [5.41, 5.74) is 7.98. The fourth-order valence-electron chi connectivity index (χ4n) is 1.98. The summed E-state index contributed by atoms with van der Waals surface area (Å²) >= 11 is 0. The summed E-state index contributed by atoms with van der Waals surface area (Å²) in [7, 11) is 0. The molecule has 2 rings (SSSR count). The molecular weight excluding hydrogens is 288 g/mol. The highest BCUT2D eigenvalue weighted by molar-refractivity contribution is 5.97. The highest BCUT2D eigenvalue weighted by Crippen LogP contribution is 2.13. The first-order chi connectivity index (χ1) is 11.1. The van der Waals surface area contributed by atoms with Gasteiger partial charge in [0.05, 0.1) is 6.04 Å². The lowest BCUT2D eigenvalue weighted by Gasteiger charge is -2.13. The molecule has 5 heteroatoms. The van der Waals surface area contributed by atoms with E-state index in [1.54, 1.807) is 24.3 Å². The first-order valence-electron chi connectivity index (χ1n) is 7.18. The van der Waals surface area contributed by atoms with E-state index >= 15 is 0 Å². The maximum atomic E-state index is 12.2. The van der Waals surface area contributed by atoms with Crippen molar-refractivity contribution in [2.45, 2.75) is 13.0 Å². The number of nitrogens with zero attached hydrogens (tertiary/aromatic N) is 1. The maximum Gasteiger partial charge on any atom is 0.263 e. The van der Waals surface area contributed by atoms with Gasteiger partial charge in [-0.15, -0.1) is 0 Å². The SMILES string of the molecule is CC(NC(=O)/C(C#N)=C\Nc1ccc(N)cc1)c1ccccc1. The topological polar surface area (TPSA) is 90.9 Å². The van der Waals surface area contributed by atoms with Crippen LogP contribution in [0, 0.1) is 11.3 Å². The van der Waals surface area contributed by atoms with Gasteiger partial charge in [-0.2, -0.15) is 5.26 Å². The molecule has 116 valence electrons. The molecule has 0 aliphatic carbocycles. The molecule has 0 radical (unpaired) electrons. The summed E-state index contributed by atoms with van der Waals surface area (Å²) in [4.78, 5) is 12.2. The van der Waals surface area contributed by atoms with Crippen molar-refractivity contribution in [3.8, 4) is 6.07 Å². The van der Waals surface area contributed by atoms with E-state index in [-0.39, 0.29) is 11.6 Å². The molecular formula is C18H18N4O. The van der Waals surface area contributed by atoms with Crippen molar-refractivity contribution in [2.75, 3.05) is 11.1 Å². The minimum absolute atomic E-state index is 0.00426. The van der Waals surface area contributed by atoms with Gasteiger partial charge in [-0.25, -0.2) is 0 Å². The first-order valence-corrected chi connectivity index (χ1v) is 7.18. The second-order valence-electron chi connectivity index (χ2n) is 5.04. The molecule has 0 fully saturated rings. The molecule has 1 unspecified atom stereocenters. The van der Waals surface area contributed by atoms with E-state index in [9.17, 15) is 4.79 Å². The van der Waals surface area contributed by atoms with Crippen LogP contribution < -0.4 is 16.4 Å². The van der Waals surface area contributed by atoms with Crippen molar-refractivity contribution in [3.63, 3.8) is 0 Å². The molecule has 0 spiro atoms. The highest BCUT2D eigenvalue weighted by Gasteiger charge is 2.13. The predicted octanol–water partition coefficient (Wildman–Crippen LogP) is 2.97. The Morgan fingerprint density at radius 1 is 1.17 bits per heavy atom. The van der Waals surface area contributed by atoms with Crippen molar-refractivity contribution < 1.29 is 4.79 Å². The van der Waals surface area contributed by atoms with Crippen molar-refractivity contribution in [1.29, 1.82) is 5.26 Å². The molecule has 0 aliphatic heterocycles. The predicted molar refractivity (Wildman–Crippen MR) is 91.2 cm³/mol. The summed E-state index contributed by atoms with van der Waals surface area (Å²) in [6.07, 6.45) is 1.39. The second-order valence-corrected chi connectivity index (χ2v) is 5.04. The monoisotopic (exact) mass is 306 g/mol. The average molecular weight is 306 g/mol. The van der Waals surface area contributed by atoms with Gasteiger partial charge < -0.3 is 16.4 Å². The molecule has 5 nitrogen and oxygen atoms in total. The Balaban J connectivity index is 2.02. The number of carbonyl (C=O) groups excluding carboxylic acids is 1. The van der Waals surface area contributed by atoms with Crippen LogP contribution in [0.5, 0.6) is 0 Å². The summed E-state index contributed by atoms with van der Waals surface area (Å²) in [6, 6.07) is 18.3. The number of rotatable bonds is 5. The summed E-state index contributed by atoms with van der Waals surface area (Å²) in [5, 5.41) is 14.9. The van der Waals surface area contributed by atoms with Crippen LogP contribution in [0.1, 0.15) is 18.5 Å². The Labute approximate surface area is 135 Å². The van der Waals surface area contributed by atoms with E-state index < -0.39 is 5.91 Å². The van der Waals surface area contributed by atoms with Crippen molar-refractivity contribution >= 4 is 17.3 Å². The van der Waals surface area contributed by atoms with E-state index in [4.69, 9.17) is 11.0 Å². The van der Waals surface area contributed by atoms with Crippen molar-refractivity contribution in [1.82, 2.24) is 5.32 Å². The van der Waals surface area contributed by atoms with Gasteiger partial charge in [-0.1, -0.05) is 30.3 Å². The van der Waals surface area contributed by atoms with Gasteiger partial charge >= 0.3 is 0 Å². The van der Waals surface area contributed by atoms with Crippen LogP contribution in [0.3, 0.4) is 0 Å². The molecule has 1 atom stereocenters. The standard InChI is InChI=1S/C18H18N4O/c1-13(14-5-3-2-4-6-14)22-18(23)15(11-19)12-21-17-9-7-16(20)8-10-17/h2-10,12-13,21H,20H2,1H3,(H,22,23)/b15-12-.